The van der Waals surface area contributed by atoms with E-state index in [4.69, 9.17) is 4.98 Å². The molecule has 2 atom stereocenters. The number of sulfonamides is 1. The van der Waals surface area contributed by atoms with E-state index in [2.05, 4.69) is 17.1 Å². The van der Waals surface area contributed by atoms with Crippen molar-refractivity contribution in [1.29, 1.82) is 0 Å². The Labute approximate surface area is 177 Å². The van der Waals surface area contributed by atoms with Gasteiger partial charge in [-0.1, -0.05) is 12.2 Å². The van der Waals surface area contributed by atoms with Crippen molar-refractivity contribution in [2.75, 3.05) is 18.8 Å². The van der Waals surface area contributed by atoms with E-state index in [0.29, 0.717) is 36.6 Å². The molecule has 0 spiro atoms. The summed E-state index contributed by atoms with van der Waals surface area (Å²) < 4.78 is 26.0. The van der Waals surface area contributed by atoms with Crippen molar-refractivity contribution in [3.05, 3.63) is 39.6 Å². The summed E-state index contributed by atoms with van der Waals surface area (Å²) in [6.45, 7) is 2.71. The van der Waals surface area contributed by atoms with Gasteiger partial charge >= 0.3 is 0 Å². The Kier molecular flexibility index (Phi) is 6.11. The highest BCUT2D eigenvalue weighted by Gasteiger charge is 2.35. The van der Waals surface area contributed by atoms with Crippen molar-refractivity contribution in [2.24, 2.45) is 5.92 Å². The zero-order valence-electron chi connectivity index (χ0n) is 17.5. The highest BCUT2D eigenvalue weighted by molar-refractivity contribution is 7.89. The molecule has 1 aromatic heterocycles. The van der Waals surface area contributed by atoms with Crippen molar-refractivity contribution < 1.29 is 13.2 Å². The van der Waals surface area contributed by atoms with Crippen LogP contribution >= 0.6 is 0 Å². The Morgan fingerprint density at radius 3 is 2.80 bits per heavy atom. The summed E-state index contributed by atoms with van der Waals surface area (Å²) in [5, 5.41) is 0. The zero-order valence-corrected chi connectivity index (χ0v) is 18.3. The van der Waals surface area contributed by atoms with E-state index < -0.39 is 10.0 Å². The lowest BCUT2D eigenvalue weighted by Gasteiger charge is -2.38. The quantitative estimate of drug-likeness (QED) is 0.729. The lowest BCUT2D eigenvalue weighted by Crippen LogP contribution is -2.44. The average Bonchev–Trinajstić information content (AvgIpc) is 2.78. The zero-order chi connectivity index (χ0) is 21.3. The van der Waals surface area contributed by atoms with E-state index in [1.807, 2.05) is 4.90 Å². The Bertz CT molecular complexity index is 1000. The van der Waals surface area contributed by atoms with Crippen LogP contribution in [-0.4, -0.2) is 52.3 Å². The van der Waals surface area contributed by atoms with Crippen LogP contribution in [0, 0.1) is 5.92 Å². The largest absolute Gasteiger partial charge is 0.332 e. The van der Waals surface area contributed by atoms with Gasteiger partial charge in [0.1, 0.15) is 5.82 Å². The fourth-order valence-corrected chi connectivity index (χ4v) is 5.80. The number of likely N-dealkylation sites (tertiary alicyclic amines) is 1. The smallest absolute Gasteiger partial charge is 0.254 e. The molecule has 30 heavy (non-hydrogen) atoms. The van der Waals surface area contributed by atoms with E-state index in [1.54, 1.807) is 6.92 Å². The fourth-order valence-electron chi connectivity index (χ4n) is 4.74. The van der Waals surface area contributed by atoms with Crippen LogP contribution in [0.2, 0.25) is 0 Å². The van der Waals surface area contributed by atoms with Gasteiger partial charge in [-0.15, -0.1) is 0 Å². The first-order valence-corrected chi connectivity index (χ1v) is 12.6. The molecule has 1 aliphatic carbocycles. The van der Waals surface area contributed by atoms with Gasteiger partial charge in [0.25, 0.3) is 5.56 Å². The minimum absolute atomic E-state index is 0.00913. The Morgan fingerprint density at radius 1 is 1.23 bits per heavy atom. The summed E-state index contributed by atoms with van der Waals surface area (Å²) in [5.41, 5.74) is 0.880. The molecule has 0 unspecified atom stereocenters. The van der Waals surface area contributed by atoms with Crippen molar-refractivity contribution in [2.45, 2.75) is 64.5 Å². The van der Waals surface area contributed by atoms with Gasteiger partial charge in [0.15, 0.2) is 0 Å². The molecular weight excluding hydrogens is 404 g/mol. The third kappa shape index (κ3) is 4.09. The number of carbonyl (C=O) groups excluding carboxylic acids is 1. The lowest BCUT2D eigenvalue weighted by atomic mass is 9.91. The van der Waals surface area contributed by atoms with E-state index in [9.17, 15) is 18.0 Å². The number of fused-ring (bicyclic) bond motifs is 1. The molecule has 3 aliphatic rings. The number of aromatic nitrogens is 2. The summed E-state index contributed by atoms with van der Waals surface area (Å²) >= 11 is 0. The maximum atomic E-state index is 13.2. The first kappa shape index (κ1) is 21.2. The molecule has 8 nitrogen and oxygen atoms in total. The molecule has 0 bridgehead atoms. The van der Waals surface area contributed by atoms with Gasteiger partial charge in [0.05, 0.1) is 24.0 Å². The number of nitrogens with zero attached hydrogens (tertiary/aromatic N) is 3. The van der Waals surface area contributed by atoms with Crippen molar-refractivity contribution in [3.8, 4) is 0 Å². The summed E-state index contributed by atoms with van der Waals surface area (Å²) in [6, 6.07) is -0.256. The topological polar surface area (TPSA) is 103 Å². The van der Waals surface area contributed by atoms with Crippen LogP contribution in [0.3, 0.4) is 0 Å². The second-order valence-electron chi connectivity index (χ2n) is 8.39. The Hall–Kier alpha value is -2.00. The molecule has 4 rings (SSSR count). The SMILES string of the molecule is CCS(=O)(=O)N1CCc2c(nc([C@@H]3CCCCN3C(=O)[C@@H]3CC=CCC3)[nH]c2=O)C1. The number of nitrogens with one attached hydrogen (secondary N) is 1. The van der Waals surface area contributed by atoms with Gasteiger partial charge in [-0.3, -0.25) is 9.59 Å². The standard InChI is InChI=1S/C21H30N4O4S/c1-2-30(28,29)24-13-11-16-17(14-24)22-19(23-20(16)26)18-10-6-7-12-25(18)21(27)15-8-4-3-5-9-15/h3-4,15,18H,2,5-14H2,1H3,(H,22,23,26)/t15-,18+/m1/s1. The molecule has 0 saturated carbocycles. The number of hydrogen-bond donors (Lipinski definition) is 1. The van der Waals surface area contributed by atoms with Gasteiger partial charge in [-0.25, -0.2) is 13.4 Å². The fraction of sp³-hybridized carbons (Fsp3) is 0.667. The maximum absolute atomic E-state index is 13.2. The third-order valence-electron chi connectivity index (χ3n) is 6.53. The first-order chi connectivity index (χ1) is 14.4. The van der Waals surface area contributed by atoms with Gasteiger partial charge < -0.3 is 9.88 Å². The van der Waals surface area contributed by atoms with Gasteiger partial charge in [-0.2, -0.15) is 4.31 Å². The van der Waals surface area contributed by atoms with Crippen molar-refractivity contribution >= 4 is 15.9 Å². The molecule has 2 aliphatic heterocycles. The number of amides is 1. The second kappa shape index (κ2) is 8.63. The molecule has 1 amide bonds. The molecule has 3 heterocycles. The highest BCUT2D eigenvalue weighted by atomic mass is 32.2. The third-order valence-corrected chi connectivity index (χ3v) is 8.36. The first-order valence-electron chi connectivity index (χ1n) is 11.0. The molecule has 1 N–H and O–H groups in total. The Balaban J connectivity index is 1.63. The number of aromatic amines is 1. The van der Waals surface area contributed by atoms with E-state index in [1.165, 1.54) is 4.31 Å². The van der Waals surface area contributed by atoms with Gasteiger partial charge in [0, 0.05) is 24.6 Å². The van der Waals surface area contributed by atoms with E-state index in [0.717, 1.165) is 38.5 Å². The molecule has 0 radical (unpaired) electrons. The molecule has 1 fully saturated rings. The van der Waals surface area contributed by atoms with E-state index in [-0.39, 0.29) is 35.7 Å². The second-order valence-corrected chi connectivity index (χ2v) is 10.6. The molecular formula is C21H30N4O4S. The molecule has 0 aromatic carbocycles. The monoisotopic (exact) mass is 434 g/mol. The number of rotatable bonds is 4. The molecule has 9 heteroatoms. The normalized spacial score (nSPS) is 25.2. The molecule has 1 saturated heterocycles. The van der Waals surface area contributed by atoms with E-state index >= 15 is 0 Å². The van der Waals surface area contributed by atoms with Crippen LogP contribution in [0.1, 0.15) is 68.6 Å². The summed E-state index contributed by atoms with van der Waals surface area (Å²) in [6.07, 6.45) is 9.77. The van der Waals surface area contributed by atoms with Crippen LogP contribution in [-0.2, 0) is 27.8 Å². The number of H-pyrrole nitrogens is 1. The maximum Gasteiger partial charge on any atom is 0.254 e. The van der Waals surface area contributed by atoms with Crippen LogP contribution in [0.25, 0.3) is 0 Å². The lowest BCUT2D eigenvalue weighted by molar-refractivity contribution is -0.140. The number of allylic oxidation sites excluding steroid dienone is 2. The average molecular weight is 435 g/mol. The molecule has 164 valence electrons. The summed E-state index contributed by atoms with van der Waals surface area (Å²) in [7, 11) is -3.34. The number of carbonyl (C=O) groups is 1. The minimum Gasteiger partial charge on any atom is -0.332 e. The van der Waals surface area contributed by atoms with Crippen LogP contribution in [0.15, 0.2) is 16.9 Å². The predicted octanol–water partition coefficient (Wildman–Crippen LogP) is 1.89. The summed E-state index contributed by atoms with van der Waals surface area (Å²) in [5.74, 6) is 0.651. The minimum atomic E-state index is -3.34. The van der Waals surface area contributed by atoms with Crippen LogP contribution in [0.4, 0.5) is 0 Å². The molecule has 1 aromatic rings. The van der Waals surface area contributed by atoms with Gasteiger partial charge in [-0.05, 0) is 51.9 Å². The predicted molar refractivity (Wildman–Crippen MR) is 113 cm³/mol. The summed E-state index contributed by atoms with van der Waals surface area (Å²) in [4.78, 5) is 35.5. The van der Waals surface area contributed by atoms with Gasteiger partial charge in [0.2, 0.25) is 15.9 Å². The van der Waals surface area contributed by atoms with Crippen LogP contribution in [0.5, 0.6) is 0 Å². The van der Waals surface area contributed by atoms with Crippen LogP contribution < -0.4 is 5.56 Å². The van der Waals surface area contributed by atoms with Crippen molar-refractivity contribution in [1.82, 2.24) is 19.2 Å². The van der Waals surface area contributed by atoms with Crippen molar-refractivity contribution in [3.63, 3.8) is 0 Å². The highest BCUT2D eigenvalue weighted by Crippen LogP contribution is 2.33. The number of piperidine rings is 1. The number of hydrogen-bond acceptors (Lipinski definition) is 5. The Morgan fingerprint density at radius 2 is 2.07 bits per heavy atom.